The van der Waals surface area contributed by atoms with Gasteiger partial charge in [0.2, 0.25) is 0 Å². The van der Waals surface area contributed by atoms with Crippen LogP contribution in [-0.4, -0.2) is 13.6 Å². The minimum atomic E-state index is 0.269. The van der Waals surface area contributed by atoms with E-state index in [1.165, 1.54) is 37.7 Å². The van der Waals surface area contributed by atoms with E-state index in [-0.39, 0.29) is 5.41 Å². The molecule has 0 aromatic heterocycles. The van der Waals surface area contributed by atoms with E-state index in [0.717, 1.165) is 11.6 Å². The molecule has 1 N–H and O–H groups in total. The highest BCUT2D eigenvalue weighted by atomic mass is 35.5. The first kappa shape index (κ1) is 11.9. The van der Waals surface area contributed by atoms with Crippen molar-refractivity contribution in [2.45, 2.75) is 37.5 Å². The van der Waals surface area contributed by atoms with Crippen LogP contribution in [0.1, 0.15) is 37.7 Å². The minimum Gasteiger partial charge on any atom is -0.319 e. The normalized spacial score (nSPS) is 19.6. The van der Waals surface area contributed by atoms with Crippen molar-refractivity contribution in [1.82, 2.24) is 5.32 Å². The Hall–Kier alpha value is -0.530. The van der Waals surface area contributed by atoms with E-state index in [2.05, 4.69) is 17.4 Å². The van der Waals surface area contributed by atoms with Gasteiger partial charge in [0.15, 0.2) is 0 Å². The van der Waals surface area contributed by atoms with Gasteiger partial charge in [-0.2, -0.15) is 0 Å². The van der Waals surface area contributed by atoms with Crippen molar-refractivity contribution in [3.63, 3.8) is 0 Å². The van der Waals surface area contributed by atoms with E-state index in [1.54, 1.807) is 0 Å². The Morgan fingerprint density at radius 2 is 1.88 bits per heavy atom. The largest absolute Gasteiger partial charge is 0.319 e. The predicted octanol–water partition coefficient (Wildman–Crippen LogP) is 3.76. The van der Waals surface area contributed by atoms with Crippen LogP contribution >= 0.6 is 11.6 Å². The number of likely N-dealkylation sites (N-methyl/N-ethyl adjacent to an activating group) is 1. The Morgan fingerprint density at radius 3 is 2.50 bits per heavy atom. The highest BCUT2D eigenvalue weighted by Crippen LogP contribution is 2.41. The quantitative estimate of drug-likeness (QED) is 0.844. The zero-order valence-corrected chi connectivity index (χ0v) is 10.7. The molecule has 0 saturated heterocycles. The predicted molar refractivity (Wildman–Crippen MR) is 70.1 cm³/mol. The van der Waals surface area contributed by atoms with Gasteiger partial charge in [-0.25, -0.2) is 0 Å². The average molecular weight is 238 g/mol. The number of hydrogen-bond acceptors (Lipinski definition) is 1. The summed E-state index contributed by atoms with van der Waals surface area (Å²) in [6.07, 6.45) is 6.55. The molecule has 0 atom stereocenters. The molecule has 0 radical (unpaired) electrons. The molecule has 0 amide bonds. The second-order valence-electron chi connectivity index (χ2n) is 4.85. The molecule has 88 valence electrons. The lowest BCUT2D eigenvalue weighted by Crippen LogP contribution is -2.38. The molecule has 0 aliphatic heterocycles. The standard InChI is InChI=1S/C14H20ClN/c1-16-11-14(9-5-2-6-10-14)12-7-3-4-8-13(12)15/h3-4,7-8,16H,2,5-6,9-11H2,1H3. The van der Waals surface area contributed by atoms with Crippen molar-refractivity contribution in [3.05, 3.63) is 34.9 Å². The molecule has 1 saturated carbocycles. The van der Waals surface area contributed by atoms with Crippen LogP contribution in [0.4, 0.5) is 0 Å². The van der Waals surface area contributed by atoms with Crippen LogP contribution in [0.5, 0.6) is 0 Å². The van der Waals surface area contributed by atoms with Crippen molar-refractivity contribution < 1.29 is 0 Å². The molecule has 1 aromatic rings. The second kappa shape index (κ2) is 5.20. The number of rotatable bonds is 3. The summed E-state index contributed by atoms with van der Waals surface area (Å²) >= 11 is 6.36. The zero-order chi connectivity index (χ0) is 11.4. The summed E-state index contributed by atoms with van der Waals surface area (Å²) in [6.45, 7) is 1.04. The third-order valence-electron chi connectivity index (χ3n) is 3.77. The van der Waals surface area contributed by atoms with Crippen molar-refractivity contribution in [3.8, 4) is 0 Å². The molecule has 2 rings (SSSR count). The maximum absolute atomic E-state index is 6.36. The van der Waals surface area contributed by atoms with Gasteiger partial charge in [0.1, 0.15) is 0 Å². The highest BCUT2D eigenvalue weighted by Gasteiger charge is 2.34. The van der Waals surface area contributed by atoms with Gasteiger partial charge in [-0.05, 0) is 31.5 Å². The molecular weight excluding hydrogens is 218 g/mol. The van der Waals surface area contributed by atoms with Crippen LogP contribution in [0, 0.1) is 0 Å². The topological polar surface area (TPSA) is 12.0 Å². The Kier molecular flexibility index (Phi) is 3.88. The SMILES string of the molecule is CNCC1(c2ccccc2Cl)CCCCC1. The molecule has 1 aliphatic carbocycles. The molecule has 1 aliphatic rings. The Labute approximate surface area is 103 Å². The molecule has 16 heavy (non-hydrogen) atoms. The molecule has 0 heterocycles. The summed E-state index contributed by atoms with van der Waals surface area (Å²) in [5, 5.41) is 4.28. The molecule has 0 spiro atoms. The summed E-state index contributed by atoms with van der Waals surface area (Å²) in [4.78, 5) is 0. The lowest BCUT2D eigenvalue weighted by molar-refractivity contribution is 0.286. The molecule has 2 heteroatoms. The fraction of sp³-hybridized carbons (Fsp3) is 0.571. The first-order valence-corrected chi connectivity index (χ1v) is 6.56. The molecule has 1 aromatic carbocycles. The van der Waals surface area contributed by atoms with Crippen molar-refractivity contribution in [2.75, 3.05) is 13.6 Å². The number of halogens is 1. The molecule has 0 unspecified atom stereocenters. The van der Waals surface area contributed by atoms with Gasteiger partial charge >= 0.3 is 0 Å². The smallest absolute Gasteiger partial charge is 0.0444 e. The van der Waals surface area contributed by atoms with E-state index in [9.17, 15) is 0 Å². The maximum Gasteiger partial charge on any atom is 0.0444 e. The first-order valence-electron chi connectivity index (χ1n) is 6.18. The highest BCUT2D eigenvalue weighted by molar-refractivity contribution is 6.31. The second-order valence-corrected chi connectivity index (χ2v) is 5.26. The molecule has 1 fully saturated rings. The van der Waals surface area contributed by atoms with Gasteiger partial charge in [0.05, 0.1) is 0 Å². The van der Waals surface area contributed by atoms with Crippen LogP contribution in [0.15, 0.2) is 24.3 Å². The van der Waals surface area contributed by atoms with Crippen LogP contribution in [0.3, 0.4) is 0 Å². The van der Waals surface area contributed by atoms with Gasteiger partial charge < -0.3 is 5.32 Å². The van der Waals surface area contributed by atoms with Crippen LogP contribution in [0.25, 0.3) is 0 Å². The Balaban J connectivity index is 2.34. The fourth-order valence-electron chi connectivity index (χ4n) is 3.00. The Bertz CT molecular complexity index is 337. The third-order valence-corrected chi connectivity index (χ3v) is 4.10. The minimum absolute atomic E-state index is 0.269. The van der Waals surface area contributed by atoms with Crippen molar-refractivity contribution in [2.24, 2.45) is 0 Å². The number of benzene rings is 1. The van der Waals surface area contributed by atoms with Gasteiger partial charge in [0, 0.05) is 17.0 Å². The van der Waals surface area contributed by atoms with E-state index >= 15 is 0 Å². The third kappa shape index (κ3) is 2.26. The van der Waals surface area contributed by atoms with E-state index in [1.807, 2.05) is 19.2 Å². The maximum atomic E-state index is 6.36. The summed E-state index contributed by atoms with van der Waals surface area (Å²) in [7, 11) is 2.03. The van der Waals surface area contributed by atoms with Crippen molar-refractivity contribution in [1.29, 1.82) is 0 Å². The summed E-state index contributed by atoms with van der Waals surface area (Å²) in [5.41, 5.74) is 1.61. The van der Waals surface area contributed by atoms with Crippen LogP contribution in [-0.2, 0) is 5.41 Å². The lowest BCUT2D eigenvalue weighted by atomic mass is 9.69. The van der Waals surface area contributed by atoms with E-state index in [0.29, 0.717) is 0 Å². The van der Waals surface area contributed by atoms with E-state index < -0.39 is 0 Å². The fourth-order valence-corrected chi connectivity index (χ4v) is 3.34. The monoisotopic (exact) mass is 237 g/mol. The number of nitrogens with one attached hydrogen (secondary N) is 1. The van der Waals surface area contributed by atoms with Crippen LogP contribution < -0.4 is 5.32 Å². The van der Waals surface area contributed by atoms with Gasteiger partial charge in [-0.3, -0.25) is 0 Å². The molecular formula is C14H20ClN. The van der Waals surface area contributed by atoms with Gasteiger partial charge in [-0.1, -0.05) is 49.1 Å². The first-order chi connectivity index (χ1) is 7.78. The van der Waals surface area contributed by atoms with Gasteiger partial charge in [-0.15, -0.1) is 0 Å². The van der Waals surface area contributed by atoms with Gasteiger partial charge in [0.25, 0.3) is 0 Å². The number of hydrogen-bond donors (Lipinski definition) is 1. The average Bonchev–Trinajstić information content (AvgIpc) is 2.31. The zero-order valence-electron chi connectivity index (χ0n) is 9.93. The lowest BCUT2D eigenvalue weighted by Gasteiger charge is -2.38. The summed E-state index contributed by atoms with van der Waals surface area (Å²) in [6, 6.07) is 8.34. The molecule has 1 nitrogen and oxygen atoms in total. The van der Waals surface area contributed by atoms with E-state index in [4.69, 9.17) is 11.6 Å². The molecule has 0 bridgehead atoms. The summed E-state index contributed by atoms with van der Waals surface area (Å²) in [5.74, 6) is 0. The van der Waals surface area contributed by atoms with Crippen LogP contribution in [0.2, 0.25) is 5.02 Å². The summed E-state index contributed by atoms with van der Waals surface area (Å²) < 4.78 is 0. The van der Waals surface area contributed by atoms with Crippen molar-refractivity contribution >= 4 is 11.6 Å². The Morgan fingerprint density at radius 1 is 1.19 bits per heavy atom.